The van der Waals surface area contributed by atoms with Gasteiger partial charge < -0.3 is 14.8 Å². The lowest BCUT2D eigenvalue weighted by Gasteiger charge is -2.10. The van der Waals surface area contributed by atoms with Gasteiger partial charge in [0.25, 0.3) is 0 Å². The van der Waals surface area contributed by atoms with Gasteiger partial charge in [-0.25, -0.2) is 0 Å². The van der Waals surface area contributed by atoms with E-state index in [-0.39, 0.29) is 0 Å². The van der Waals surface area contributed by atoms with E-state index < -0.39 is 0 Å². The van der Waals surface area contributed by atoms with Crippen molar-refractivity contribution in [3.05, 3.63) is 22.2 Å². The molecule has 0 heterocycles. The summed E-state index contributed by atoms with van der Waals surface area (Å²) in [7, 11) is 3.29. The summed E-state index contributed by atoms with van der Waals surface area (Å²) in [4.78, 5) is 0. The van der Waals surface area contributed by atoms with E-state index >= 15 is 0 Å². The highest BCUT2D eigenvalue weighted by Gasteiger charge is 2.09. The second-order valence-corrected chi connectivity index (χ2v) is 4.05. The van der Waals surface area contributed by atoms with Crippen molar-refractivity contribution in [2.45, 2.75) is 13.5 Å². The SMILES string of the molecule is CC[NH2+]Cc1cc(OC)c(OC)cc1Br. The van der Waals surface area contributed by atoms with E-state index in [1.807, 2.05) is 12.1 Å². The zero-order valence-corrected chi connectivity index (χ0v) is 10.9. The lowest BCUT2D eigenvalue weighted by Crippen LogP contribution is -2.81. The van der Waals surface area contributed by atoms with E-state index in [1.54, 1.807) is 14.2 Å². The molecule has 0 bridgehead atoms. The minimum atomic E-state index is 0.754. The van der Waals surface area contributed by atoms with Crippen LogP contribution in [0.3, 0.4) is 0 Å². The summed E-state index contributed by atoms with van der Waals surface area (Å²) in [6.07, 6.45) is 0. The molecule has 0 unspecified atom stereocenters. The first-order valence-electron chi connectivity index (χ1n) is 4.95. The van der Waals surface area contributed by atoms with Crippen LogP contribution in [0, 0.1) is 0 Å². The van der Waals surface area contributed by atoms with Gasteiger partial charge in [0.05, 0.1) is 20.8 Å². The summed E-state index contributed by atoms with van der Waals surface area (Å²) in [5, 5.41) is 2.23. The van der Waals surface area contributed by atoms with Crippen molar-refractivity contribution in [1.29, 1.82) is 0 Å². The van der Waals surface area contributed by atoms with Gasteiger partial charge in [0, 0.05) is 10.0 Å². The van der Waals surface area contributed by atoms with Gasteiger partial charge in [-0.1, -0.05) is 15.9 Å². The lowest BCUT2D eigenvalue weighted by molar-refractivity contribution is -0.667. The second kappa shape index (κ2) is 5.98. The van der Waals surface area contributed by atoms with Gasteiger partial charge in [-0.2, -0.15) is 0 Å². The van der Waals surface area contributed by atoms with E-state index in [0.717, 1.165) is 29.1 Å². The normalized spacial score (nSPS) is 10.1. The second-order valence-electron chi connectivity index (χ2n) is 3.20. The Morgan fingerprint density at radius 2 is 1.80 bits per heavy atom. The first-order chi connectivity index (χ1) is 7.22. The van der Waals surface area contributed by atoms with Crippen molar-refractivity contribution < 1.29 is 14.8 Å². The third kappa shape index (κ3) is 3.11. The predicted octanol–water partition coefficient (Wildman–Crippen LogP) is 1.55. The van der Waals surface area contributed by atoms with Crippen LogP contribution in [0.2, 0.25) is 0 Å². The van der Waals surface area contributed by atoms with Gasteiger partial charge in [0.2, 0.25) is 0 Å². The number of halogens is 1. The van der Waals surface area contributed by atoms with Crippen molar-refractivity contribution >= 4 is 15.9 Å². The summed E-state index contributed by atoms with van der Waals surface area (Å²) in [5.74, 6) is 1.53. The molecule has 0 radical (unpaired) electrons. The minimum Gasteiger partial charge on any atom is -0.493 e. The number of hydrogen-bond acceptors (Lipinski definition) is 2. The molecule has 0 aromatic heterocycles. The van der Waals surface area contributed by atoms with Gasteiger partial charge in [0.15, 0.2) is 11.5 Å². The van der Waals surface area contributed by atoms with E-state index in [2.05, 4.69) is 28.2 Å². The molecule has 0 aliphatic rings. The van der Waals surface area contributed by atoms with Crippen LogP contribution >= 0.6 is 15.9 Å². The number of nitrogens with two attached hydrogens (primary N) is 1. The maximum absolute atomic E-state index is 5.25. The summed E-state index contributed by atoms with van der Waals surface area (Å²) in [5.41, 5.74) is 1.22. The number of ether oxygens (including phenoxy) is 2. The molecule has 0 aliphatic carbocycles. The van der Waals surface area contributed by atoms with Crippen LogP contribution in [0.25, 0.3) is 0 Å². The average Bonchev–Trinajstić information content (AvgIpc) is 2.27. The van der Waals surface area contributed by atoms with Gasteiger partial charge in [-0.3, -0.25) is 0 Å². The van der Waals surface area contributed by atoms with Crippen molar-refractivity contribution in [1.82, 2.24) is 0 Å². The zero-order chi connectivity index (χ0) is 11.3. The Hall–Kier alpha value is -0.740. The van der Waals surface area contributed by atoms with Crippen LogP contribution in [-0.2, 0) is 6.54 Å². The fraction of sp³-hybridized carbons (Fsp3) is 0.455. The van der Waals surface area contributed by atoms with Gasteiger partial charge in [-0.15, -0.1) is 0 Å². The van der Waals surface area contributed by atoms with Crippen LogP contribution in [0.4, 0.5) is 0 Å². The first-order valence-corrected chi connectivity index (χ1v) is 5.74. The smallest absolute Gasteiger partial charge is 0.161 e. The van der Waals surface area contributed by atoms with E-state index in [4.69, 9.17) is 9.47 Å². The Labute approximate surface area is 98.9 Å². The maximum atomic E-state index is 5.25. The van der Waals surface area contributed by atoms with E-state index in [9.17, 15) is 0 Å². The fourth-order valence-corrected chi connectivity index (χ4v) is 1.84. The fourth-order valence-electron chi connectivity index (χ4n) is 1.35. The number of rotatable bonds is 5. The average molecular weight is 275 g/mol. The summed E-state index contributed by atoms with van der Waals surface area (Å²) in [6.45, 7) is 4.15. The minimum absolute atomic E-state index is 0.754. The molecule has 0 amide bonds. The Kier molecular flexibility index (Phi) is 4.91. The van der Waals surface area contributed by atoms with Crippen molar-refractivity contribution in [2.75, 3.05) is 20.8 Å². The molecule has 1 aromatic carbocycles. The quantitative estimate of drug-likeness (QED) is 0.885. The first kappa shape index (κ1) is 12.3. The van der Waals surface area contributed by atoms with Crippen LogP contribution in [0.15, 0.2) is 16.6 Å². The molecule has 1 aromatic rings. The third-order valence-electron chi connectivity index (χ3n) is 2.21. The molecular weight excluding hydrogens is 258 g/mol. The molecule has 0 spiro atoms. The molecule has 84 valence electrons. The Morgan fingerprint density at radius 1 is 1.20 bits per heavy atom. The number of hydrogen-bond donors (Lipinski definition) is 1. The van der Waals surface area contributed by atoms with Crippen LogP contribution < -0.4 is 14.8 Å². The third-order valence-corrected chi connectivity index (χ3v) is 2.94. The largest absolute Gasteiger partial charge is 0.493 e. The van der Waals surface area contributed by atoms with Crippen LogP contribution in [-0.4, -0.2) is 20.8 Å². The van der Waals surface area contributed by atoms with Crippen molar-refractivity contribution in [3.63, 3.8) is 0 Å². The topological polar surface area (TPSA) is 35.1 Å². The molecule has 1 rings (SSSR count). The molecular formula is C11H17BrNO2+. The number of methoxy groups -OCH3 is 2. The molecule has 0 atom stereocenters. The summed E-state index contributed by atoms with van der Waals surface area (Å²) < 4.78 is 11.5. The molecule has 2 N–H and O–H groups in total. The summed E-state index contributed by atoms with van der Waals surface area (Å²) >= 11 is 3.53. The van der Waals surface area contributed by atoms with Crippen molar-refractivity contribution in [3.8, 4) is 11.5 Å². The molecule has 0 saturated carbocycles. The Morgan fingerprint density at radius 3 is 2.33 bits per heavy atom. The highest BCUT2D eigenvalue weighted by Crippen LogP contribution is 2.32. The molecule has 4 heteroatoms. The predicted molar refractivity (Wildman–Crippen MR) is 63.4 cm³/mol. The highest BCUT2D eigenvalue weighted by atomic mass is 79.9. The molecule has 0 fully saturated rings. The number of quaternary nitrogens is 1. The van der Waals surface area contributed by atoms with Crippen LogP contribution in [0.5, 0.6) is 11.5 Å². The highest BCUT2D eigenvalue weighted by molar-refractivity contribution is 9.10. The zero-order valence-electron chi connectivity index (χ0n) is 9.34. The molecule has 0 saturated heterocycles. The summed E-state index contributed by atoms with van der Waals surface area (Å²) in [6, 6.07) is 3.95. The van der Waals surface area contributed by atoms with Gasteiger partial charge >= 0.3 is 0 Å². The maximum Gasteiger partial charge on any atom is 0.161 e. The molecule has 3 nitrogen and oxygen atoms in total. The monoisotopic (exact) mass is 274 g/mol. The van der Waals surface area contributed by atoms with E-state index in [0.29, 0.717) is 0 Å². The van der Waals surface area contributed by atoms with Crippen LogP contribution in [0.1, 0.15) is 12.5 Å². The van der Waals surface area contributed by atoms with Gasteiger partial charge in [-0.05, 0) is 19.1 Å². The van der Waals surface area contributed by atoms with Gasteiger partial charge in [0.1, 0.15) is 6.54 Å². The lowest BCUT2D eigenvalue weighted by atomic mass is 10.2. The Bertz CT molecular complexity index is 329. The molecule has 15 heavy (non-hydrogen) atoms. The molecule has 0 aliphatic heterocycles. The Balaban J connectivity index is 2.97. The van der Waals surface area contributed by atoms with E-state index in [1.165, 1.54) is 5.56 Å². The number of benzene rings is 1. The standard InChI is InChI=1S/C11H16BrNO2/c1-4-13-7-8-5-10(14-2)11(15-3)6-9(8)12/h5-6,13H,4,7H2,1-3H3/p+1. The van der Waals surface area contributed by atoms with Crippen molar-refractivity contribution in [2.24, 2.45) is 0 Å².